The molecule has 0 aromatic heterocycles. The fourth-order valence-corrected chi connectivity index (χ4v) is 1.64. The Labute approximate surface area is 103 Å². The molecule has 3 heteroatoms. The minimum absolute atomic E-state index is 0.112. The number of rotatable bonds is 5. The first-order valence-corrected chi connectivity index (χ1v) is 6.09. The molecule has 17 heavy (non-hydrogen) atoms. The Morgan fingerprint density at radius 2 is 2.06 bits per heavy atom. The maximum atomic E-state index is 13.2. The SMILES string of the molecule is Cc1ccc(F)cc1CNC(C)(CN)C(C)C. The van der Waals surface area contributed by atoms with Crippen LogP contribution in [0.4, 0.5) is 4.39 Å². The van der Waals surface area contributed by atoms with Crippen LogP contribution in [0.2, 0.25) is 0 Å². The average Bonchev–Trinajstić information content (AvgIpc) is 2.29. The molecule has 0 saturated carbocycles. The van der Waals surface area contributed by atoms with Crippen LogP contribution in [-0.2, 0) is 6.54 Å². The smallest absolute Gasteiger partial charge is 0.123 e. The van der Waals surface area contributed by atoms with Gasteiger partial charge in [-0.25, -0.2) is 4.39 Å². The van der Waals surface area contributed by atoms with Crippen LogP contribution in [0.25, 0.3) is 0 Å². The lowest BCUT2D eigenvalue weighted by molar-refractivity contribution is 0.267. The van der Waals surface area contributed by atoms with Crippen LogP contribution in [0.15, 0.2) is 18.2 Å². The second-order valence-corrected chi connectivity index (χ2v) is 5.20. The minimum atomic E-state index is -0.189. The highest BCUT2D eigenvalue weighted by atomic mass is 19.1. The predicted molar refractivity (Wildman–Crippen MR) is 70.3 cm³/mol. The Balaban J connectivity index is 2.75. The molecule has 0 bridgehead atoms. The number of hydrogen-bond donors (Lipinski definition) is 2. The van der Waals surface area contributed by atoms with Gasteiger partial charge in [0.1, 0.15) is 5.82 Å². The summed E-state index contributed by atoms with van der Waals surface area (Å²) in [5, 5.41) is 3.44. The molecule has 0 saturated heterocycles. The summed E-state index contributed by atoms with van der Waals surface area (Å²) in [6, 6.07) is 4.88. The fourth-order valence-electron chi connectivity index (χ4n) is 1.64. The topological polar surface area (TPSA) is 38.0 Å². The highest BCUT2D eigenvalue weighted by molar-refractivity contribution is 5.26. The largest absolute Gasteiger partial charge is 0.329 e. The lowest BCUT2D eigenvalue weighted by Gasteiger charge is -2.34. The number of aryl methyl sites for hydroxylation is 1. The van der Waals surface area contributed by atoms with E-state index in [-0.39, 0.29) is 11.4 Å². The summed E-state index contributed by atoms with van der Waals surface area (Å²) < 4.78 is 13.2. The van der Waals surface area contributed by atoms with E-state index < -0.39 is 0 Å². The van der Waals surface area contributed by atoms with Gasteiger partial charge in [0.05, 0.1) is 0 Å². The van der Waals surface area contributed by atoms with Gasteiger partial charge in [0, 0.05) is 18.6 Å². The molecule has 1 aromatic carbocycles. The van der Waals surface area contributed by atoms with Crippen LogP contribution < -0.4 is 11.1 Å². The molecule has 0 aliphatic carbocycles. The van der Waals surface area contributed by atoms with Crippen molar-refractivity contribution in [3.63, 3.8) is 0 Å². The van der Waals surface area contributed by atoms with E-state index in [1.807, 2.05) is 13.0 Å². The van der Waals surface area contributed by atoms with Crippen molar-refractivity contribution in [1.82, 2.24) is 5.32 Å². The number of nitrogens with one attached hydrogen (secondary N) is 1. The van der Waals surface area contributed by atoms with E-state index in [1.54, 1.807) is 6.07 Å². The van der Waals surface area contributed by atoms with Crippen molar-refractivity contribution in [2.24, 2.45) is 11.7 Å². The first kappa shape index (κ1) is 14.1. The number of nitrogens with two attached hydrogens (primary N) is 1. The zero-order chi connectivity index (χ0) is 13.1. The number of halogens is 1. The highest BCUT2D eigenvalue weighted by Crippen LogP contribution is 2.17. The summed E-state index contributed by atoms with van der Waals surface area (Å²) >= 11 is 0. The Hall–Kier alpha value is -0.930. The molecule has 2 nitrogen and oxygen atoms in total. The van der Waals surface area contributed by atoms with Gasteiger partial charge in [-0.1, -0.05) is 19.9 Å². The molecule has 1 aromatic rings. The van der Waals surface area contributed by atoms with E-state index in [4.69, 9.17) is 5.73 Å². The first-order valence-electron chi connectivity index (χ1n) is 6.09. The molecule has 0 spiro atoms. The maximum absolute atomic E-state index is 13.2. The van der Waals surface area contributed by atoms with Gasteiger partial charge in [-0.05, 0) is 43.0 Å². The summed E-state index contributed by atoms with van der Waals surface area (Å²) in [6.45, 7) is 9.59. The second-order valence-electron chi connectivity index (χ2n) is 5.20. The number of hydrogen-bond acceptors (Lipinski definition) is 2. The van der Waals surface area contributed by atoms with Crippen LogP contribution in [0, 0.1) is 18.7 Å². The standard InChI is InChI=1S/C14H23FN2/c1-10(2)14(4,9-16)17-8-12-7-13(15)6-5-11(12)3/h5-7,10,17H,8-9,16H2,1-4H3. The third kappa shape index (κ3) is 3.51. The molecule has 0 radical (unpaired) electrons. The van der Waals surface area contributed by atoms with Gasteiger partial charge < -0.3 is 11.1 Å². The van der Waals surface area contributed by atoms with E-state index in [2.05, 4.69) is 26.1 Å². The average molecular weight is 238 g/mol. The molecule has 3 N–H and O–H groups in total. The molecule has 1 unspecified atom stereocenters. The van der Waals surface area contributed by atoms with Gasteiger partial charge in [-0.15, -0.1) is 0 Å². The van der Waals surface area contributed by atoms with E-state index in [0.717, 1.165) is 11.1 Å². The van der Waals surface area contributed by atoms with Gasteiger partial charge in [-0.3, -0.25) is 0 Å². The quantitative estimate of drug-likeness (QED) is 0.827. The summed E-state index contributed by atoms with van der Waals surface area (Å²) in [4.78, 5) is 0. The van der Waals surface area contributed by atoms with Gasteiger partial charge in [-0.2, -0.15) is 0 Å². The molecule has 1 atom stereocenters. The first-order chi connectivity index (χ1) is 7.89. The maximum Gasteiger partial charge on any atom is 0.123 e. The van der Waals surface area contributed by atoms with Gasteiger partial charge in [0.15, 0.2) is 0 Å². The zero-order valence-corrected chi connectivity index (χ0v) is 11.2. The molecule has 0 aliphatic heterocycles. The molecular weight excluding hydrogens is 215 g/mol. The Bertz CT molecular complexity index is 376. The fraction of sp³-hybridized carbons (Fsp3) is 0.571. The van der Waals surface area contributed by atoms with Crippen molar-refractivity contribution in [2.45, 2.75) is 39.8 Å². The van der Waals surface area contributed by atoms with E-state index in [1.165, 1.54) is 6.07 Å². The summed E-state index contributed by atoms with van der Waals surface area (Å²) in [7, 11) is 0. The summed E-state index contributed by atoms with van der Waals surface area (Å²) in [6.07, 6.45) is 0. The molecule has 0 fully saturated rings. The third-order valence-corrected chi connectivity index (χ3v) is 3.69. The number of benzene rings is 1. The van der Waals surface area contributed by atoms with Crippen LogP contribution in [-0.4, -0.2) is 12.1 Å². The van der Waals surface area contributed by atoms with Crippen molar-refractivity contribution in [3.05, 3.63) is 35.1 Å². The zero-order valence-electron chi connectivity index (χ0n) is 11.2. The minimum Gasteiger partial charge on any atom is -0.329 e. The molecular formula is C14H23FN2. The van der Waals surface area contributed by atoms with Gasteiger partial charge in [0.2, 0.25) is 0 Å². The molecule has 0 heterocycles. The monoisotopic (exact) mass is 238 g/mol. The van der Waals surface area contributed by atoms with Gasteiger partial charge >= 0.3 is 0 Å². The molecule has 0 amide bonds. The normalized spacial score (nSPS) is 15.0. The van der Waals surface area contributed by atoms with Gasteiger partial charge in [0.25, 0.3) is 0 Å². The van der Waals surface area contributed by atoms with Crippen molar-refractivity contribution in [2.75, 3.05) is 6.54 Å². The van der Waals surface area contributed by atoms with Crippen molar-refractivity contribution in [1.29, 1.82) is 0 Å². The molecule has 1 rings (SSSR count). The van der Waals surface area contributed by atoms with Crippen LogP contribution in [0.1, 0.15) is 31.9 Å². The van der Waals surface area contributed by atoms with Crippen LogP contribution >= 0.6 is 0 Å². The Morgan fingerprint density at radius 1 is 1.41 bits per heavy atom. The van der Waals surface area contributed by atoms with E-state index in [9.17, 15) is 4.39 Å². The van der Waals surface area contributed by atoms with Crippen LogP contribution in [0.5, 0.6) is 0 Å². The Kier molecular flexibility index (Phi) is 4.66. The highest BCUT2D eigenvalue weighted by Gasteiger charge is 2.25. The summed E-state index contributed by atoms with van der Waals surface area (Å²) in [5.41, 5.74) is 7.78. The molecule has 0 aliphatic rings. The van der Waals surface area contributed by atoms with Crippen molar-refractivity contribution < 1.29 is 4.39 Å². The lowest BCUT2D eigenvalue weighted by Crippen LogP contribution is -2.52. The van der Waals surface area contributed by atoms with Crippen LogP contribution in [0.3, 0.4) is 0 Å². The van der Waals surface area contributed by atoms with Crippen molar-refractivity contribution in [3.8, 4) is 0 Å². The Morgan fingerprint density at radius 3 is 2.59 bits per heavy atom. The predicted octanol–water partition coefficient (Wildman–Crippen LogP) is 2.60. The summed E-state index contributed by atoms with van der Waals surface area (Å²) in [5.74, 6) is 0.243. The van der Waals surface area contributed by atoms with Crippen molar-refractivity contribution >= 4 is 0 Å². The molecule has 96 valence electrons. The lowest BCUT2D eigenvalue weighted by atomic mass is 9.88. The third-order valence-electron chi connectivity index (χ3n) is 3.69. The second kappa shape index (κ2) is 5.61. The van der Waals surface area contributed by atoms with E-state index >= 15 is 0 Å². The van der Waals surface area contributed by atoms with E-state index in [0.29, 0.717) is 19.0 Å².